The van der Waals surface area contributed by atoms with Crippen molar-refractivity contribution in [3.63, 3.8) is 0 Å². The van der Waals surface area contributed by atoms with Gasteiger partial charge in [-0.3, -0.25) is 4.98 Å². The Bertz CT molecular complexity index is 514. The summed E-state index contributed by atoms with van der Waals surface area (Å²) in [6.45, 7) is 1.98. The molecule has 0 aliphatic carbocycles. The molecule has 2 N–H and O–H groups in total. The van der Waals surface area contributed by atoms with E-state index < -0.39 is 0 Å². The lowest BCUT2D eigenvalue weighted by Crippen LogP contribution is -2.07. The van der Waals surface area contributed by atoms with E-state index in [0.717, 1.165) is 11.3 Å². The van der Waals surface area contributed by atoms with Crippen molar-refractivity contribution >= 4 is 5.69 Å². The summed E-state index contributed by atoms with van der Waals surface area (Å²) < 4.78 is 5.06. The summed E-state index contributed by atoms with van der Waals surface area (Å²) in [5, 5.41) is 13.2. The molecule has 4 heteroatoms. The van der Waals surface area contributed by atoms with Crippen molar-refractivity contribution in [3.8, 4) is 11.5 Å². The van der Waals surface area contributed by atoms with E-state index in [2.05, 4.69) is 10.3 Å². The minimum atomic E-state index is -0.0138. The Morgan fingerprint density at radius 2 is 2.17 bits per heavy atom. The Morgan fingerprint density at radius 3 is 2.78 bits per heavy atom. The molecule has 4 nitrogen and oxygen atoms in total. The third-order valence-corrected chi connectivity index (χ3v) is 2.75. The molecule has 1 unspecified atom stereocenters. The molecule has 94 valence electrons. The van der Waals surface area contributed by atoms with Gasteiger partial charge in [-0.25, -0.2) is 0 Å². The van der Waals surface area contributed by atoms with Crippen LogP contribution in [-0.4, -0.2) is 17.2 Å². The molecule has 0 amide bonds. The van der Waals surface area contributed by atoms with Crippen LogP contribution in [0.3, 0.4) is 0 Å². The number of benzene rings is 1. The van der Waals surface area contributed by atoms with Gasteiger partial charge in [0.15, 0.2) is 0 Å². The summed E-state index contributed by atoms with van der Waals surface area (Å²) in [6.07, 6.45) is 3.47. The van der Waals surface area contributed by atoms with Gasteiger partial charge in [0.2, 0.25) is 0 Å². The van der Waals surface area contributed by atoms with Crippen molar-refractivity contribution in [2.24, 2.45) is 0 Å². The second kappa shape index (κ2) is 5.40. The summed E-state index contributed by atoms with van der Waals surface area (Å²) in [5.74, 6) is 0.864. The Hall–Kier alpha value is -2.23. The summed E-state index contributed by atoms with van der Waals surface area (Å²) in [6, 6.07) is 9.07. The number of hydrogen-bond acceptors (Lipinski definition) is 4. The highest BCUT2D eigenvalue weighted by Gasteiger charge is 2.11. The SMILES string of the molecule is COc1ccc(C(C)Nc2cccnc2)c(O)c1. The van der Waals surface area contributed by atoms with Gasteiger partial charge in [0.1, 0.15) is 11.5 Å². The molecule has 0 spiro atoms. The number of phenolic OH excluding ortho intramolecular Hbond substituents is 1. The summed E-state index contributed by atoms with van der Waals surface area (Å²) >= 11 is 0. The molecule has 0 fully saturated rings. The minimum absolute atomic E-state index is 0.0138. The lowest BCUT2D eigenvalue weighted by atomic mass is 10.1. The van der Waals surface area contributed by atoms with Crippen LogP contribution >= 0.6 is 0 Å². The maximum Gasteiger partial charge on any atom is 0.124 e. The molecule has 2 rings (SSSR count). The molecule has 0 aliphatic rings. The maximum atomic E-state index is 9.94. The normalized spacial score (nSPS) is 11.9. The van der Waals surface area contributed by atoms with Gasteiger partial charge >= 0.3 is 0 Å². The maximum absolute atomic E-state index is 9.94. The number of phenols is 1. The highest BCUT2D eigenvalue weighted by atomic mass is 16.5. The molecular formula is C14H16N2O2. The molecule has 1 aromatic carbocycles. The fourth-order valence-electron chi connectivity index (χ4n) is 1.79. The molecule has 18 heavy (non-hydrogen) atoms. The van der Waals surface area contributed by atoms with Crippen LogP contribution in [0, 0.1) is 0 Å². The lowest BCUT2D eigenvalue weighted by molar-refractivity contribution is 0.406. The van der Waals surface area contributed by atoms with Crippen LogP contribution < -0.4 is 10.1 Å². The van der Waals surface area contributed by atoms with Crippen LogP contribution in [-0.2, 0) is 0 Å². The average molecular weight is 244 g/mol. The largest absolute Gasteiger partial charge is 0.507 e. The minimum Gasteiger partial charge on any atom is -0.507 e. The van der Waals surface area contributed by atoms with E-state index in [1.807, 2.05) is 31.2 Å². The average Bonchev–Trinajstić information content (AvgIpc) is 2.39. The standard InChI is InChI=1S/C14H16N2O2/c1-10(16-11-4-3-7-15-9-11)13-6-5-12(18-2)8-14(13)17/h3-10,16-17H,1-2H3. The van der Waals surface area contributed by atoms with Gasteiger partial charge in [-0.15, -0.1) is 0 Å². The molecule has 0 aliphatic heterocycles. The Balaban J connectivity index is 2.16. The first-order chi connectivity index (χ1) is 8.70. The van der Waals surface area contributed by atoms with E-state index in [0.29, 0.717) is 5.75 Å². The Labute approximate surface area is 106 Å². The number of rotatable bonds is 4. The fourth-order valence-corrected chi connectivity index (χ4v) is 1.79. The first-order valence-corrected chi connectivity index (χ1v) is 5.74. The molecule has 0 bridgehead atoms. The van der Waals surface area contributed by atoms with E-state index in [1.165, 1.54) is 0 Å². The molecule has 0 radical (unpaired) electrons. The van der Waals surface area contributed by atoms with Crippen molar-refractivity contribution < 1.29 is 9.84 Å². The van der Waals surface area contributed by atoms with Crippen LogP contribution in [0.1, 0.15) is 18.5 Å². The molecular weight excluding hydrogens is 228 g/mol. The second-order valence-electron chi connectivity index (χ2n) is 4.03. The summed E-state index contributed by atoms with van der Waals surface area (Å²) in [7, 11) is 1.58. The smallest absolute Gasteiger partial charge is 0.124 e. The monoisotopic (exact) mass is 244 g/mol. The molecule has 0 saturated heterocycles. The number of ether oxygens (including phenoxy) is 1. The van der Waals surface area contributed by atoms with E-state index in [-0.39, 0.29) is 11.8 Å². The van der Waals surface area contributed by atoms with E-state index in [9.17, 15) is 5.11 Å². The number of methoxy groups -OCH3 is 1. The number of anilines is 1. The van der Waals surface area contributed by atoms with Gasteiger partial charge in [-0.1, -0.05) is 0 Å². The molecule has 1 heterocycles. The van der Waals surface area contributed by atoms with Crippen molar-refractivity contribution in [2.75, 3.05) is 12.4 Å². The number of pyridine rings is 1. The number of nitrogens with zero attached hydrogens (tertiary/aromatic N) is 1. The van der Waals surface area contributed by atoms with Crippen molar-refractivity contribution in [1.82, 2.24) is 4.98 Å². The number of aromatic nitrogens is 1. The van der Waals surface area contributed by atoms with Gasteiger partial charge in [0.25, 0.3) is 0 Å². The Kier molecular flexibility index (Phi) is 3.67. The zero-order chi connectivity index (χ0) is 13.0. The van der Waals surface area contributed by atoms with E-state index >= 15 is 0 Å². The predicted octanol–water partition coefficient (Wildman–Crippen LogP) is 2.97. The molecule has 2 aromatic rings. The second-order valence-corrected chi connectivity index (χ2v) is 4.03. The van der Waals surface area contributed by atoms with Crippen LogP contribution in [0.25, 0.3) is 0 Å². The third-order valence-electron chi connectivity index (χ3n) is 2.75. The van der Waals surface area contributed by atoms with Crippen LogP contribution in [0.2, 0.25) is 0 Å². The number of nitrogens with one attached hydrogen (secondary N) is 1. The molecule has 1 aromatic heterocycles. The topological polar surface area (TPSA) is 54.4 Å². The number of hydrogen-bond donors (Lipinski definition) is 2. The first kappa shape index (κ1) is 12.2. The quantitative estimate of drug-likeness (QED) is 0.868. The van der Waals surface area contributed by atoms with Gasteiger partial charge in [0, 0.05) is 24.0 Å². The van der Waals surface area contributed by atoms with Gasteiger partial charge in [-0.2, -0.15) is 0 Å². The molecule has 1 atom stereocenters. The van der Waals surface area contributed by atoms with Crippen molar-refractivity contribution in [1.29, 1.82) is 0 Å². The molecule has 0 saturated carbocycles. The fraction of sp³-hybridized carbons (Fsp3) is 0.214. The van der Waals surface area contributed by atoms with Gasteiger partial charge < -0.3 is 15.2 Å². The van der Waals surface area contributed by atoms with Crippen molar-refractivity contribution in [2.45, 2.75) is 13.0 Å². The van der Waals surface area contributed by atoms with E-state index in [4.69, 9.17) is 4.74 Å². The summed E-state index contributed by atoms with van der Waals surface area (Å²) in [5.41, 5.74) is 1.74. The number of aromatic hydroxyl groups is 1. The lowest BCUT2D eigenvalue weighted by Gasteiger charge is -2.17. The zero-order valence-electron chi connectivity index (χ0n) is 10.4. The van der Waals surface area contributed by atoms with E-state index in [1.54, 1.807) is 25.6 Å². The third kappa shape index (κ3) is 2.71. The predicted molar refractivity (Wildman–Crippen MR) is 70.9 cm³/mol. The Morgan fingerprint density at radius 1 is 1.33 bits per heavy atom. The highest BCUT2D eigenvalue weighted by Crippen LogP contribution is 2.30. The summed E-state index contributed by atoms with van der Waals surface area (Å²) in [4.78, 5) is 4.04. The van der Waals surface area contributed by atoms with Crippen molar-refractivity contribution in [3.05, 3.63) is 48.3 Å². The zero-order valence-corrected chi connectivity index (χ0v) is 10.4. The van der Waals surface area contributed by atoms with Gasteiger partial charge in [0.05, 0.1) is 18.8 Å². The van der Waals surface area contributed by atoms with Crippen LogP contribution in [0.5, 0.6) is 11.5 Å². The van der Waals surface area contributed by atoms with Gasteiger partial charge in [-0.05, 0) is 31.2 Å². The van der Waals surface area contributed by atoms with Crippen LogP contribution in [0.4, 0.5) is 5.69 Å². The highest BCUT2D eigenvalue weighted by molar-refractivity contribution is 5.47. The first-order valence-electron chi connectivity index (χ1n) is 5.74. The van der Waals surface area contributed by atoms with Crippen LogP contribution in [0.15, 0.2) is 42.7 Å².